The Hall–Kier alpha value is -1.84. The summed E-state index contributed by atoms with van der Waals surface area (Å²) in [5.41, 5.74) is 2.75. The SMILES string of the molecule is CN=C(NCCCF)N1CCC(=Cc2ccccc2)CC1. The van der Waals surface area contributed by atoms with Gasteiger partial charge < -0.3 is 10.2 Å². The predicted octanol–water partition coefficient (Wildman–Crippen LogP) is 3.10. The quantitative estimate of drug-likeness (QED) is 0.524. The van der Waals surface area contributed by atoms with Gasteiger partial charge in [0.15, 0.2) is 5.96 Å². The maximum atomic E-state index is 12.1. The van der Waals surface area contributed by atoms with Crippen LogP contribution in [0.4, 0.5) is 4.39 Å². The Balaban J connectivity index is 1.86. The van der Waals surface area contributed by atoms with Crippen LogP contribution < -0.4 is 5.32 Å². The summed E-state index contributed by atoms with van der Waals surface area (Å²) >= 11 is 0. The molecule has 0 spiro atoms. The lowest BCUT2D eigenvalue weighted by Gasteiger charge is -2.31. The Labute approximate surface area is 126 Å². The van der Waals surface area contributed by atoms with Gasteiger partial charge in [0.05, 0.1) is 6.67 Å². The molecular weight excluding hydrogens is 265 g/mol. The Bertz CT molecular complexity index is 472. The third-order valence-electron chi connectivity index (χ3n) is 3.68. The maximum Gasteiger partial charge on any atom is 0.193 e. The number of nitrogens with one attached hydrogen (secondary N) is 1. The molecule has 2 rings (SSSR count). The molecule has 21 heavy (non-hydrogen) atoms. The molecule has 0 atom stereocenters. The van der Waals surface area contributed by atoms with Crippen molar-refractivity contribution in [1.82, 2.24) is 10.2 Å². The van der Waals surface area contributed by atoms with Crippen LogP contribution in [0.1, 0.15) is 24.8 Å². The average Bonchev–Trinajstić information content (AvgIpc) is 2.54. The summed E-state index contributed by atoms with van der Waals surface area (Å²) < 4.78 is 12.1. The summed E-state index contributed by atoms with van der Waals surface area (Å²) in [6.07, 6.45) is 4.93. The predicted molar refractivity (Wildman–Crippen MR) is 87.2 cm³/mol. The fraction of sp³-hybridized carbons (Fsp3) is 0.471. The van der Waals surface area contributed by atoms with Crippen LogP contribution in [0.3, 0.4) is 0 Å². The van der Waals surface area contributed by atoms with E-state index in [-0.39, 0.29) is 6.67 Å². The molecule has 1 aliphatic heterocycles. The van der Waals surface area contributed by atoms with E-state index in [9.17, 15) is 4.39 Å². The number of likely N-dealkylation sites (tertiary alicyclic amines) is 1. The lowest BCUT2D eigenvalue weighted by atomic mass is 10.0. The van der Waals surface area contributed by atoms with Gasteiger partial charge in [-0.15, -0.1) is 0 Å². The van der Waals surface area contributed by atoms with Crippen molar-refractivity contribution in [2.75, 3.05) is 33.4 Å². The summed E-state index contributed by atoms with van der Waals surface area (Å²) in [7, 11) is 1.78. The third-order valence-corrected chi connectivity index (χ3v) is 3.68. The molecule has 114 valence electrons. The molecule has 0 radical (unpaired) electrons. The van der Waals surface area contributed by atoms with E-state index < -0.39 is 0 Å². The lowest BCUT2D eigenvalue weighted by Crippen LogP contribution is -2.44. The summed E-state index contributed by atoms with van der Waals surface area (Å²) in [5, 5.41) is 3.22. The zero-order valence-electron chi connectivity index (χ0n) is 12.7. The second kappa shape index (κ2) is 8.45. The standard InChI is InChI=1S/C17H24FN3/c1-19-17(20-11-5-10-18)21-12-8-16(9-13-21)14-15-6-3-2-4-7-15/h2-4,6-7,14H,5,8-13H2,1H3,(H,19,20). The van der Waals surface area contributed by atoms with Gasteiger partial charge in [0, 0.05) is 26.7 Å². The molecule has 0 saturated carbocycles. The normalized spacial score (nSPS) is 16.0. The molecule has 1 aromatic rings. The number of nitrogens with zero attached hydrogens (tertiary/aromatic N) is 2. The second-order valence-electron chi connectivity index (χ2n) is 5.22. The Morgan fingerprint density at radius 2 is 2.00 bits per heavy atom. The van der Waals surface area contributed by atoms with Gasteiger partial charge in [-0.25, -0.2) is 0 Å². The minimum absolute atomic E-state index is 0.284. The van der Waals surface area contributed by atoms with Gasteiger partial charge >= 0.3 is 0 Å². The van der Waals surface area contributed by atoms with Gasteiger partial charge in [0.1, 0.15) is 0 Å². The van der Waals surface area contributed by atoms with Gasteiger partial charge in [-0.2, -0.15) is 0 Å². The molecule has 1 N–H and O–H groups in total. The van der Waals surface area contributed by atoms with Gasteiger partial charge in [0.2, 0.25) is 0 Å². The molecule has 1 heterocycles. The molecule has 1 aromatic carbocycles. The Morgan fingerprint density at radius 3 is 2.62 bits per heavy atom. The van der Waals surface area contributed by atoms with Crippen LogP contribution in [0.25, 0.3) is 6.08 Å². The first-order chi connectivity index (χ1) is 10.3. The molecule has 4 heteroatoms. The summed E-state index contributed by atoms with van der Waals surface area (Å²) in [4.78, 5) is 6.53. The molecule has 0 aliphatic carbocycles. The van der Waals surface area contributed by atoms with E-state index in [4.69, 9.17) is 0 Å². The smallest absolute Gasteiger partial charge is 0.193 e. The highest BCUT2D eigenvalue weighted by molar-refractivity contribution is 5.80. The van der Waals surface area contributed by atoms with Crippen LogP contribution in [0.5, 0.6) is 0 Å². The molecule has 1 aliphatic rings. The topological polar surface area (TPSA) is 27.6 Å². The van der Waals surface area contributed by atoms with Crippen LogP contribution in [0, 0.1) is 0 Å². The number of piperidine rings is 1. The zero-order valence-corrected chi connectivity index (χ0v) is 12.7. The van der Waals surface area contributed by atoms with Crippen LogP contribution in [-0.4, -0.2) is 44.2 Å². The molecule has 0 unspecified atom stereocenters. The van der Waals surface area contributed by atoms with Gasteiger partial charge in [-0.3, -0.25) is 9.38 Å². The third kappa shape index (κ3) is 4.88. The minimum Gasteiger partial charge on any atom is -0.356 e. The second-order valence-corrected chi connectivity index (χ2v) is 5.22. The van der Waals surface area contributed by atoms with Crippen LogP contribution in [-0.2, 0) is 0 Å². The van der Waals surface area contributed by atoms with E-state index in [2.05, 4.69) is 45.6 Å². The number of guanidine groups is 1. The maximum absolute atomic E-state index is 12.1. The molecule has 1 fully saturated rings. The number of halogens is 1. The summed E-state index contributed by atoms with van der Waals surface area (Å²) in [6, 6.07) is 10.4. The average molecular weight is 289 g/mol. The van der Waals surface area contributed by atoms with Crippen molar-refractivity contribution in [3.63, 3.8) is 0 Å². The monoisotopic (exact) mass is 289 g/mol. The molecular formula is C17H24FN3. The number of rotatable bonds is 4. The first-order valence-electron chi connectivity index (χ1n) is 7.59. The van der Waals surface area contributed by atoms with Gasteiger partial charge in [-0.1, -0.05) is 42.0 Å². The number of hydrogen-bond donors (Lipinski definition) is 1. The van der Waals surface area contributed by atoms with Crippen molar-refractivity contribution in [2.45, 2.75) is 19.3 Å². The van der Waals surface area contributed by atoms with Crippen molar-refractivity contribution >= 4 is 12.0 Å². The first-order valence-corrected chi connectivity index (χ1v) is 7.59. The molecule has 1 saturated heterocycles. The number of hydrogen-bond acceptors (Lipinski definition) is 1. The van der Waals surface area contributed by atoms with Crippen molar-refractivity contribution in [1.29, 1.82) is 0 Å². The van der Waals surface area contributed by atoms with E-state index in [1.165, 1.54) is 11.1 Å². The van der Waals surface area contributed by atoms with E-state index in [0.717, 1.165) is 31.9 Å². The first kappa shape index (κ1) is 15.5. The lowest BCUT2D eigenvalue weighted by molar-refractivity contribution is 0.373. The van der Waals surface area contributed by atoms with Crippen LogP contribution in [0.15, 0.2) is 40.9 Å². The molecule has 3 nitrogen and oxygen atoms in total. The van der Waals surface area contributed by atoms with E-state index in [1.807, 2.05) is 6.07 Å². The molecule has 0 bridgehead atoms. The van der Waals surface area contributed by atoms with E-state index in [0.29, 0.717) is 13.0 Å². The largest absolute Gasteiger partial charge is 0.356 e. The zero-order chi connectivity index (χ0) is 14.9. The minimum atomic E-state index is -0.284. The Morgan fingerprint density at radius 1 is 1.29 bits per heavy atom. The van der Waals surface area contributed by atoms with Crippen molar-refractivity contribution < 1.29 is 4.39 Å². The Kier molecular flexibility index (Phi) is 6.25. The van der Waals surface area contributed by atoms with E-state index >= 15 is 0 Å². The molecule has 0 amide bonds. The molecule has 0 aromatic heterocycles. The van der Waals surface area contributed by atoms with Crippen molar-refractivity contribution in [3.05, 3.63) is 41.5 Å². The van der Waals surface area contributed by atoms with Crippen LogP contribution >= 0.6 is 0 Å². The van der Waals surface area contributed by atoms with Gasteiger partial charge in [-0.05, 0) is 24.8 Å². The van der Waals surface area contributed by atoms with Gasteiger partial charge in [0.25, 0.3) is 0 Å². The van der Waals surface area contributed by atoms with Crippen LogP contribution in [0.2, 0.25) is 0 Å². The van der Waals surface area contributed by atoms with Crippen molar-refractivity contribution in [2.24, 2.45) is 4.99 Å². The highest BCUT2D eigenvalue weighted by atomic mass is 19.1. The number of alkyl halides is 1. The van der Waals surface area contributed by atoms with Crippen molar-refractivity contribution in [3.8, 4) is 0 Å². The highest BCUT2D eigenvalue weighted by Crippen LogP contribution is 2.19. The highest BCUT2D eigenvalue weighted by Gasteiger charge is 2.16. The fourth-order valence-electron chi connectivity index (χ4n) is 2.53. The summed E-state index contributed by atoms with van der Waals surface area (Å²) in [5.74, 6) is 0.891. The number of benzene rings is 1. The summed E-state index contributed by atoms with van der Waals surface area (Å²) in [6.45, 7) is 2.29. The fourth-order valence-corrected chi connectivity index (χ4v) is 2.53. The van der Waals surface area contributed by atoms with E-state index in [1.54, 1.807) is 7.05 Å². The number of aliphatic imine (C=N–C) groups is 1.